The average molecular weight is 338 g/mol. The summed E-state index contributed by atoms with van der Waals surface area (Å²) in [5.74, 6) is 0.726. The number of nitrogens with one attached hydrogen (secondary N) is 1. The molecule has 3 aromatic rings. The molecule has 1 aliphatic rings. The van der Waals surface area contributed by atoms with E-state index in [1.54, 1.807) is 11.3 Å². The molecule has 1 aromatic carbocycles. The molecule has 1 aliphatic carbocycles. The zero-order valence-corrected chi connectivity index (χ0v) is 14.2. The second kappa shape index (κ2) is 5.91. The van der Waals surface area contributed by atoms with Gasteiger partial charge in [-0.25, -0.2) is 0 Å². The largest absolute Gasteiger partial charge is 0.355 e. The first-order chi connectivity index (χ1) is 11.7. The number of anilines is 1. The predicted octanol–water partition coefficient (Wildman–Crippen LogP) is 4.64. The molecule has 2 heterocycles. The van der Waals surface area contributed by atoms with E-state index in [2.05, 4.69) is 17.4 Å². The molecule has 1 amide bonds. The number of aryl methyl sites for hydroxylation is 1. The Morgan fingerprint density at radius 3 is 2.71 bits per heavy atom. The second-order valence-corrected chi connectivity index (χ2v) is 7.09. The van der Waals surface area contributed by atoms with Gasteiger partial charge in [0.05, 0.1) is 16.0 Å². The fraction of sp³-hybridized carbons (Fsp3) is 0.263. The SMILES string of the molecule is CCc1ccc(NC(=O)C2(c3cc(-c4cccs4)on3)CC2)cc1. The lowest BCUT2D eigenvalue weighted by atomic mass is 10.0. The number of amides is 1. The van der Waals surface area contributed by atoms with Crippen LogP contribution in [0.15, 0.2) is 52.4 Å². The Kier molecular flexibility index (Phi) is 3.73. The van der Waals surface area contributed by atoms with Crippen LogP contribution in [0.1, 0.15) is 31.0 Å². The third-order valence-corrected chi connectivity index (χ3v) is 5.45. The third-order valence-electron chi connectivity index (χ3n) is 4.57. The maximum Gasteiger partial charge on any atom is 0.236 e. The van der Waals surface area contributed by atoms with Crippen LogP contribution in [0.25, 0.3) is 10.6 Å². The van der Waals surface area contributed by atoms with Crippen molar-refractivity contribution in [1.82, 2.24) is 5.16 Å². The first-order valence-corrected chi connectivity index (χ1v) is 9.01. The van der Waals surface area contributed by atoms with Crippen LogP contribution in [0.4, 0.5) is 5.69 Å². The molecule has 0 unspecified atom stereocenters. The number of hydrogen-bond acceptors (Lipinski definition) is 4. The van der Waals surface area contributed by atoms with Gasteiger partial charge in [-0.05, 0) is 48.4 Å². The number of benzene rings is 1. The van der Waals surface area contributed by atoms with Crippen molar-refractivity contribution in [3.8, 4) is 10.6 Å². The van der Waals surface area contributed by atoms with Crippen molar-refractivity contribution < 1.29 is 9.32 Å². The van der Waals surface area contributed by atoms with E-state index >= 15 is 0 Å². The molecule has 1 N–H and O–H groups in total. The Labute approximate surface area is 144 Å². The normalized spacial score (nSPS) is 15.2. The van der Waals surface area contributed by atoms with Gasteiger partial charge in [-0.15, -0.1) is 11.3 Å². The zero-order valence-electron chi connectivity index (χ0n) is 13.4. The molecular formula is C19H18N2O2S. The maximum atomic E-state index is 12.8. The van der Waals surface area contributed by atoms with E-state index in [1.165, 1.54) is 5.56 Å². The van der Waals surface area contributed by atoms with Crippen molar-refractivity contribution in [2.24, 2.45) is 0 Å². The molecule has 0 aliphatic heterocycles. The summed E-state index contributed by atoms with van der Waals surface area (Å²) in [6, 6.07) is 13.9. The Morgan fingerprint density at radius 1 is 1.29 bits per heavy atom. The molecule has 0 radical (unpaired) electrons. The smallest absolute Gasteiger partial charge is 0.236 e. The molecule has 4 rings (SSSR count). The zero-order chi connectivity index (χ0) is 16.6. The van der Waals surface area contributed by atoms with E-state index in [0.717, 1.165) is 41.3 Å². The minimum atomic E-state index is -0.539. The minimum Gasteiger partial charge on any atom is -0.355 e. The Morgan fingerprint density at radius 2 is 2.08 bits per heavy atom. The summed E-state index contributed by atoms with van der Waals surface area (Å²) in [6.07, 6.45) is 2.60. The van der Waals surface area contributed by atoms with Crippen molar-refractivity contribution in [1.29, 1.82) is 0 Å². The standard InChI is InChI=1S/C19H18N2O2S/c1-2-13-5-7-14(8-6-13)20-18(22)19(9-10-19)17-12-15(23-21-17)16-4-3-11-24-16/h3-8,11-12H,2,9-10H2,1H3,(H,20,22). The van der Waals surface area contributed by atoms with E-state index in [4.69, 9.17) is 4.52 Å². The molecule has 0 saturated heterocycles. The van der Waals surface area contributed by atoms with Crippen LogP contribution in [-0.2, 0) is 16.6 Å². The number of rotatable bonds is 5. The van der Waals surface area contributed by atoms with Crippen LogP contribution in [0.2, 0.25) is 0 Å². The first-order valence-electron chi connectivity index (χ1n) is 8.13. The summed E-state index contributed by atoms with van der Waals surface area (Å²) in [5, 5.41) is 9.18. The van der Waals surface area contributed by atoms with Gasteiger partial charge in [0.15, 0.2) is 5.76 Å². The van der Waals surface area contributed by atoms with Gasteiger partial charge in [0.25, 0.3) is 0 Å². The van der Waals surface area contributed by atoms with Crippen molar-refractivity contribution in [3.05, 3.63) is 59.1 Å². The van der Waals surface area contributed by atoms with Crippen LogP contribution >= 0.6 is 11.3 Å². The molecule has 24 heavy (non-hydrogen) atoms. The highest BCUT2D eigenvalue weighted by Crippen LogP contribution is 2.49. The number of aromatic nitrogens is 1. The second-order valence-electron chi connectivity index (χ2n) is 6.14. The molecule has 0 spiro atoms. The van der Waals surface area contributed by atoms with Gasteiger partial charge < -0.3 is 9.84 Å². The highest BCUT2D eigenvalue weighted by Gasteiger charge is 2.53. The Bertz CT molecular complexity index is 846. The predicted molar refractivity (Wildman–Crippen MR) is 95.2 cm³/mol. The van der Waals surface area contributed by atoms with E-state index < -0.39 is 5.41 Å². The summed E-state index contributed by atoms with van der Waals surface area (Å²) in [4.78, 5) is 13.8. The summed E-state index contributed by atoms with van der Waals surface area (Å²) < 4.78 is 5.45. The van der Waals surface area contributed by atoms with Gasteiger partial charge in [-0.3, -0.25) is 4.79 Å². The molecule has 4 nitrogen and oxygen atoms in total. The minimum absolute atomic E-state index is 0.00206. The van der Waals surface area contributed by atoms with Crippen molar-refractivity contribution >= 4 is 22.9 Å². The molecule has 0 atom stereocenters. The van der Waals surface area contributed by atoms with Gasteiger partial charge in [-0.2, -0.15) is 0 Å². The maximum absolute atomic E-state index is 12.8. The first kappa shape index (κ1) is 15.1. The van der Waals surface area contributed by atoms with Crippen LogP contribution in [-0.4, -0.2) is 11.1 Å². The van der Waals surface area contributed by atoms with Crippen LogP contribution in [0.5, 0.6) is 0 Å². The average Bonchev–Trinajstić information content (AvgIpc) is 3.02. The van der Waals surface area contributed by atoms with Crippen LogP contribution < -0.4 is 5.32 Å². The number of thiophene rings is 1. The van der Waals surface area contributed by atoms with Crippen molar-refractivity contribution in [2.75, 3.05) is 5.32 Å². The molecule has 2 aromatic heterocycles. The Hall–Kier alpha value is -2.40. The monoisotopic (exact) mass is 338 g/mol. The quantitative estimate of drug-likeness (QED) is 0.737. The molecule has 1 saturated carbocycles. The summed E-state index contributed by atoms with van der Waals surface area (Å²) >= 11 is 1.60. The van der Waals surface area contributed by atoms with Gasteiger partial charge in [0.1, 0.15) is 0 Å². The fourth-order valence-corrected chi connectivity index (χ4v) is 3.51. The van der Waals surface area contributed by atoms with Crippen molar-refractivity contribution in [3.63, 3.8) is 0 Å². The lowest BCUT2D eigenvalue weighted by molar-refractivity contribution is -0.118. The highest BCUT2D eigenvalue weighted by atomic mass is 32.1. The number of nitrogens with zero attached hydrogens (tertiary/aromatic N) is 1. The summed E-state index contributed by atoms with van der Waals surface area (Å²) in [6.45, 7) is 2.11. The number of carbonyl (C=O) groups excluding carboxylic acids is 1. The molecule has 1 fully saturated rings. The van der Waals surface area contributed by atoms with Crippen LogP contribution in [0.3, 0.4) is 0 Å². The molecule has 0 bridgehead atoms. The summed E-state index contributed by atoms with van der Waals surface area (Å²) in [5.41, 5.74) is 2.27. The fourth-order valence-electron chi connectivity index (χ4n) is 2.83. The lowest BCUT2D eigenvalue weighted by Crippen LogP contribution is -2.28. The highest BCUT2D eigenvalue weighted by molar-refractivity contribution is 7.13. The Balaban J connectivity index is 1.53. The lowest BCUT2D eigenvalue weighted by Gasteiger charge is -2.12. The van der Waals surface area contributed by atoms with Gasteiger partial charge in [-0.1, -0.05) is 30.3 Å². The summed E-state index contributed by atoms with van der Waals surface area (Å²) in [7, 11) is 0. The van der Waals surface area contributed by atoms with E-state index in [1.807, 2.05) is 47.8 Å². The number of hydrogen-bond donors (Lipinski definition) is 1. The van der Waals surface area contributed by atoms with E-state index in [9.17, 15) is 4.79 Å². The third kappa shape index (κ3) is 2.65. The van der Waals surface area contributed by atoms with Gasteiger partial charge in [0.2, 0.25) is 5.91 Å². The number of carbonyl (C=O) groups is 1. The molecule has 5 heteroatoms. The van der Waals surface area contributed by atoms with E-state index in [0.29, 0.717) is 0 Å². The topological polar surface area (TPSA) is 55.1 Å². The van der Waals surface area contributed by atoms with Crippen molar-refractivity contribution in [2.45, 2.75) is 31.6 Å². The van der Waals surface area contributed by atoms with Crippen LogP contribution in [0, 0.1) is 0 Å². The van der Waals surface area contributed by atoms with E-state index in [-0.39, 0.29) is 5.91 Å². The molecule has 122 valence electrons. The van der Waals surface area contributed by atoms with Gasteiger partial charge in [0, 0.05) is 11.8 Å². The molecular weight excluding hydrogens is 320 g/mol. The van der Waals surface area contributed by atoms with Gasteiger partial charge >= 0.3 is 0 Å².